The molecule has 0 fully saturated rings. The van der Waals surface area contributed by atoms with E-state index in [0.29, 0.717) is 0 Å². The molecule has 3 nitrogen and oxygen atoms in total. The summed E-state index contributed by atoms with van der Waals surface area (Å²) in [5.74, 6) is 0.911. The van der Waals surface area contributed by atoms with Gasteiger partial charge in [0.2, 0.25) is 0 Å². The number of hydrogen-bond acceptors (Lipinski definition) is 2. The van der Waals surface area contributed by atoms with Crippen LogP contribution in [0.4, 0.5) is 0 Å². The summed E-state index contributed by atoms with van der Waals surface area (Å²) in [6, 6.07) is 55.8. The van der Waals surface area contributed by atoms with E-state index in [9.17, 15) is 0 Å². The van der Waals surface area contributed by atoms with Gasteiger partial charge < -0.3 is 9.55 Å². The Balaban J connectivity index is 0.000000197. The number of nitrogens with zero attached hydrogens (tertiary/aromatic N) is 3. The molecule has 0 aliphatic heterocycles. The number of rotatable bonds is 6. The first-order valence-electron chi connectivity index (χ1n) is 22.5. The molecule has 2 heterocycles. The molecule has 9 rings (SSSR count). The molecule has 0 saturated heterocycles. The van der Waals surface area contributed by atoms with Crippen LogP contribution in [-0.4, -0.2) is 22.6 Å². The fraction of sp³-hybridized carbons (Fsp3) is 0.263. The maximum Gasteiger partial charge on any atom is 0.0798 e. The average Bonchev–Trinajstić information content (AvgIpc) is 3.75. The SMILES string of the molecule is CC1(C)c2c[c-]c(-c3nc4ccccc4n3-c3ccc(-c4ccccc4)cc3)cc2-c2ccccc21.[2H]C([2H])(c1cc(-c2[c-]ccc(C(C)(C)C)c2)ncc1[Si](C)(C)C)C(C)(C)C.[Ir]. The molecule has 5 heteroatoms. The van der Waals surface area contributed by atoms with Crippen molar-refractivity contribution in [2.24, 2.45) is 5.41 Å². The van der Waals surface area contributed by atoms with Crippen molar-refractivity contribution in [2.45, 2.75) is 92.2 Å². The molecule has 1 radical (unpaired) electrons. The summed E-state index contributed by atoms with van der Waals surface area (Å²) in [6.45, 7) is 23.8. The zero-order valence-electron chi connectivity index (χ0n) is 40.0. The Hall–Kier alpha value is -5.19. The van der Waals surface area contributed by atoms with Crippen molar-refractivity contribution in [3.8, 4) is 50.6 Å². The Kier molecular flexibility index (Phi) is 11.7. The first-order valence-corrected chi connectivity index (χ1v) is 25.0. The summed E-state index contributed by atoms with van der Waals surface area (Å²) in [7, 11) is -1.74. The molecule has 8 aromatic rings. The van der Waals surface area contributed by atoms with Gasteiger partial charge in [0, 0.05) is 34.7 Å². The predicted octanol–water partition coefficient (Wildman–Crippen LogP) is 14.4. The van der Waals surface area contributed by atoms with Gasteiger partial charge in [0.05, 0.1) is 24.9 Å². The van der Waals surface area contributed by atoms with E-state index in [1.807, 2.05) is 45.2 Å². The van der Waals surface area contributed by atoms with Crippen LogP contribution in [0.2, 0.25) is 19.6 Å². The molecular weight excluding hydrogens is 947 g/mol. The number of aromatic nitrogens is 3. The standard InChI is InChI=1S/C34H25N2.C23H34NSi.Ir/c1-34(2)29-13-7-6-12-27(29)28-22-25(18-21-30(28)34)33-35-31-14-8-9-15-32(31)36(33)26-19-16-24(17-20-26)23-10-4-3-5-11-23;1-22(2,3)15-18-14-20(24-16-21(18)25(7,8)9)17-11-10-12-19(13-17)23(4,5)6;/h3-17,19-22H,1-2H3;10,12-14,16H,15H2,1-9H3;/q2*-1;/i;15D2;. The summed E-state index contributed by atoms with van der Waals surface area (Å²) in [5.41, 5.74) is 15.1. The van der Waals surface area contributed by atoms with Crippen molar-refractivity contribution in [3.63, 3.8) is 0 Å². The minimum Gasteiger partial charge on any atom is -0.333 e. The van der Waals surface area contributed by atoms with Crippen LogP contribution in [0.3, 0.4) is 0 Å². The molecule has 62 heavy (non-hydrogen) atoms. The summed E-state index contributed by atoms with van der Waals surface area (Å²) < 4.78 is 20.0. The molecule has 1 aliphatic carbocycles. The van der Waals surface area contributed by atoms with E-state index in [1.54, 1.807) is 0 Å². The summed E-state index contributed by atoms with van der Waals surface area (Å²) in [5, 5.41) is 1.10. The number of pyridine rings is 1. The van der Waals surface area contributed by atoms with Crippen LogP contribution in [0.1, 0.15) is 80.4 Å². The predicted molar refractivity (Wildman–Crippen MR) is 262 cm³/mol. The summed E-state index contributed by atoms with van der Waals surface area (Å²) in [4.78, 5) is 9.82. The molecule has 0 atom stereocenters. The molecule has 0 amide bonds. The topological polar surface area (TPSA) is 30.7 Å². The maximum absolute atomic E-state index is 8.89. The second-order valence-electron chi connectivity index (χ2n) is 20.0. The molecule has 1 aliphatic rings. The van der Waals surface area contributed by atoms with Crippen molar-refractivity contribution in [3.05, 3.63) is 180 Å². The number of hydrogen-bond donors (Lipinski definition) is 0. The van der Waals surface area contributed by atoms with Crippen LogP contribution in [0.25, 0.3) is 61.6 Å². The number of benzene rings is 6. The van der Waals surface area contributed by atoms with Gasteiger partial charge in [-0.3, -0.25) is 4.98 Å². The molecule has 0 N–H and O–H groups in total. The van der Waals surface area contributed by atoms with Gasteiger partial charge in [-0.1, -0.05) is 171 Å². The molecule has 0 spiro atoms. The Morgan fingerprint density at radius 3 is 2.05 bits per heavy atom. The van der Waals surface area contributed by atoms with Crippen LogP contribution in [0.5, 0.6) is 0 Å². The van der Waals surface area contributed by atoms with Crippen LogP contribution in [-0.2, 0) is 37.3 Å². The van der Waals surface area contributed by atoms with E-state index in [0.717, 1.165) is 50.1 Å². The summed E-state index contributed by atoms with van der Waals surface area (Å²) in [6.07, 6.45) is 0.472. The second kappa shape index (κ2) is 17.2. The minimum atomic E-state index is -1.74. The largest absolute Gasteiger partial charge is 0.333 e. The van der Waals surface area contributed by atoms with Gasteiger partial charge >= 0.3 is 0 Å². The van der Waals surface area contributed by atoms with E-state index in [2.05, 4.69) is 192 Å². The Morgan fingerprint density at radius 2 is 1.35 bits per heavy atom. The smallest absolute Gasteiger partial charge is 0.0798 e. The maximum atomic E-state index is 8.89. The van der Waals surface area contributed by atoms with E-state index in [4.69, 9.17) is 12.7 Å². The first-order chi connectivity index (χ1) is 29.7. The van der Waals surface area contributed by atoms with Gasteiger partial charge in [0.25, 0.3) is 0 Å². The first kappa shape index (κ1) is 42.1. The van der Waals surface area contributed by atoms with E-state index in [-0.39, 0.29) is 30.9 Å². The molecule has 6 aromatic carbocycles. The van der Waals surface area contributed by atoms with Crippen molar-refractivity contribution in [1.29, 1.82) is 0 Å². The van der Waals surface area contributed by atoms with Crippen molar-refractivity contribution >= 4 is 24.3 Å². The number of para-hydroxylation sites is 2. The van der Waals surface area contributed by atoms with Crippen LogP contribution in [0.15, 0.2) is 146 Å². The van der Waals surface area contributed by atoms with Gasteiger partial charge in [-0.05, 0) is 80.0 Å². The number of fused-ring (bicyclic) bond motifs is 4. The molecule has 317 valence electrons. The zero-order valence-corrected chi connectivity index (χ0v) is 41.4. The van der Waals surface area contributed by atoms with Gasteiger partial charge in [-0.2, -0.15) is 0 Å². The molecule has 0 saturated carbocycles. The van der Waals surface area contributed by atoms with Gasteiger partial charge in [-0.25, -0.2) is 0 Å². The Bertz CT molecular complexity index is 2950. The number of imidazole rings is 1. The normalized spacial score (nSPS) is 13.9. The third-order valence-corrected chi connectivity index (χ3v) is 13.7. The Morgan fingerprint density at radius 1 is 0.694 bits per heavy atom. The van der Waals surface area contributed by atoms with Crippen molar-refractivity contribution in [1.82, 2.24) is 14.5 Å². The van der Waals surface area contributed by atoms with Crippen LogP contribution in [0, 0.1) is 17.5 Å². The summed E-state index contributed by atoms with van der Waals surface area (Å²) >= 11 is 0. The quantitative estimate of drug-likeness (QED) is 0.123. The van der Waals surface area contributed by atoms with Crippen LogP contribution < -0.4 is 5.19 Å². The molecule has 0 unspecified atom stereocenters. The van der Waals surface area contributed by atoms with Crippen molar-refractivity contribution in [2.75, 3.05) is 0 Å². The average molecular weight is 1010 g/mol. The van der Waals surface area contributed by atoms with E-state index in [1.165, 1.54) is 38.9 Å². The molecular formula is C57H59IrN3Si-2. The minimum absolute atomic E-state index is 0. The monoisotopic (exact) mass is 1010 g/mol. The molecule has 2 aromatic heterocycles. The van der Waals surface area contributed by atoms with Crippen molar-refractivity contribution < 1.29 is 22.8 Å². The third-order valence-electron chi connectivity index (χ3n) is 11.7. The van der Waals surface area contributed by atoms with Gasteiger partial charge in [-0.15, -0.1) is 64.7 Å². The fourth-order valence-electron chi connectivity index (χ4n) is 8.46. The second-order valence-corrected chi connectivity index (χ2v) is 25.0. The third kappa shape index (κ3) is 9.13. The van der Waals surface area contributed by atoms with Gasteiger partial charge in [0.15, 0.2) is 0 Å². The van der Waals surface area contributed by atoms with E-state index >= 15 is 0 Å². The van der Waals surface area contributed by atoms with Gasteiger partial charge in [0.1, 0.15) is 0 Å². The van der Waals surface area contributed by atoms with Crippen LogP contribution >= 0.6 is 0 Å². The van der Waals surface area contributed by atoms with E-state index < -0.39 is 19.9 Å². The fourth-order valence-corrected chi connectivity index (χ4v) is 9.85. The zero-order chi connectivity index (χ0) is 45.1. The molecule has 0 bridgehead atoms. The Labute approximate surface area is 387 Å².